The van der Waals surface area contributed by atoms with Gasteiger partial charge in [0, 0.05) is 49.3 Å². The summed E-state index contributed by atoms with van der Waals surface area (Å²) in [4.78, 5) is 14.2. The summed E-state index contributed by atoms with van der Waals surface area (Å²) in [6, 6.07) is 11.2. The average Bonchev–Trinajstić information content (AvgIpc) is 3.49. The van der Waals surface area contributed by atoms with Crippen LogP contribution in [0.4, 0.5) is 5.82 Å². The Morgan fingerprint density at radius 1 is 1.12 bits per heavy atom. The predicted molar refractivity (Wildman–Crippen MR) is 105 cm³/mol. The van der Waals surface area contributed by atoms with Crippen LogP contribution in [0.3, 0.4) is 0 Å². The Labute approximate surface area is 158 Å². The summed E-state index contributed by atoms with van der Waals surface area (Å²) < 4.78 is 1.21. The molecule has 5 heteroatoms. The van der Waals surface area contributed by atoms with Crippen LogP contribution in [0.25, 0.3) is 0 Å². The zero-order valence-corrected chi connectivity index (χ0v) is 16.3. The lowest BCUT2D eigenvalue weighted by Gasteiger charge is -2.37. The molecule has 25 heavy (non-hydrogen) atoms. The molecule has 2 fully saturated rings. The van der Waals surface area contributed by atoms with Crippen LogP contribution in [0.1, 0.15) is 43.0 Å². The van der Waals surface area contributed by atoms with E-state index in [-0.39, 0.29) is 0 Å². The molecule has 2 aliphatic rings. The molecule has 4 nitrogen and oxygen atoms in total. The molecule has 0 bridgehead atoms. The molecule has 4 rings (SSSR count). The molecule has 1 saturated heterocycles. The zero-order chi connectivity index (χ0) is 17.2. The summed E-state index contributed by atoms with van der Waals surface area (Å²) in [5.41, 5.74) is 1.37. The van der Waals surface area contributed by atoms with Gasteiger partial charge in [0.15, 0.2) is 0 Å². The van der Waals surface area contributed by atoms with E-state index >= 15 is 0 Å². The fourth-order valence-corrected chi connectivity index (χ4v) is 4.03. The van der Waals surface area contributed by atoms with Gasteiger partial charge < -0.3 is 4.90 Å². The molecular formula is C20H25BrN4. The third-order valence-electron chi connectivity index (χ3n) is 5.42. The normalized spacial score (nSPS) is 19.1. The fourth-order valence-electron chi connectivity index (χ4n) is 3.62. The lowest BCUT2D eigenvalue weighted by Crippen LogP contribution is -2.43. The van der Waals surface area contributed by atoms with Gasteiger partial charge in [0.2, 0.25) is 0 Å². The highest BCUT2D eigenvalue weighted by Gasteiger charge is 2.28. The van der Waals surface area contributed by atoms with Crippen molar-refractivity contribution in [3.63, 3.8) is 0 Å². The maximum Gasteiger partial charge on any atom is 0.133 e. The van der Waals surface area contributed by atoms with Crippen molar-refractivity contribution in [2.45, 2.75) is 44.2 Å². The molecule has 132 valence electrons. The van der Waals surface area contributed by atoms with E-state index in [0.717, 1.165) is 31.3 Å². The van der Waals surface area contributed by atoms with E-state index in [0.29, 0.717) is 12.0 Å². The van der Waals surface area contributed by atoms with Crippen LogP contribution in [0, 0.1) is 0 Å². The Morgan fingerprint density at radius 2 is 1.88 bits per heavy atom. The summed E-state index contributed by atoms with van der Waals surface area (Å²) in [6.07, 6.45) is 6.79. The Bertz CT molecular complexity index is 723. The number of hydrogen-bond donors (Lipinski definition) is 0. The van der Waals surface area contributed by atoms with Crippen molar-refractivity contribution in [2.24, 2.45) is 0 Å². The molecule has 0 amide bonds. The van der Waals surface area contributed by atoms with E-state index in [1.54, 1.807) is 0 Å². The number of halogens is 1. The van der Waals surface area contributed by atoms with Gasteiger partial charge in [-0.2, -0.15) is 0 Å². The third-order valence-corrected chi connectivity index (χ3v) is 6.19. The molecule has 0 spiro atoms. The van der Waals surface area contributed by atoms with Crippen LogP contribution >= 0.6 is 15.9 Å². The van der Waals surface area contributed by atoms with Crippen molar-refractivity contribution in [3.8, 4) is 0 Å². The summed E-state index contributed by atoms with van der Waals surface area (Å²) in [6.45, 7) is 3.30. The molecule has 0 radical (unpaired) electrons. The maximum atomic E-state index is 4.80. The molecule has 1 saturated carbocycles. The van der Waals surface area contributed by atoms with Crippen molar-refractivity contribution in [3.05, 3.63) is 52.4 Å². The number of nitrogens with zero attached hydrogens (tertiary/aromatic N) is 4. The van der Waals surface area contributed by atoms with Crippen LogP contribution < -0.4 is 4.90 Å². The summed E-state index contributed by atoms with van der Waals surface area (Å²) in [7, 11) is 2.19. The van der Waals surface area contributed by atoms with Gasteiger partial charge in [-0.1, -0.05) is 34.1 Å². The maximum absolute atomic E-state index is 4.80. The molecule has 0 atom stereocenters. The third kappa shape index (κ3) is 4.04. The van der Waals surface area contributed by atoms with Crippen molar-refractivity contribution in [1.82, 2.24) is 14.9 Å². The SMILES string of the molecule is CN(c1ccnc(C2CC2)n1)C1CCN(Cc2ccccc2Br)CC1. The minimum atomic E-state index is 0.567. The van der Waals surface area contributed by atoms with Gasteiger partial charge in [0.1, 0.15) is 11.6 Å². The summed E-state index contributed by atoms with van der Waals surface area (Å²) in [5.74, 6) is 2.73. The second-order valence-electron chi connectivity index (χ2n) is 7.26. The molecule has 1 aromatic carbocycles. The van der Waals surface area contributed by atoms with Crippen molar-refractivity contribution >= 4 is 21.7 Å². The first kappa shape index (κ1) is 17.0. The van der Waals surface area contributed by atoms with E-state index in [1.165, 1.54) is 35.7 Å². The van der Waals surface area contributed by atoms with Crippen molar-refractivity contribution in [2.75, 3.05) is 25.0 Å². The van der Waals surface area contributed by atoms with Gasteiger partial charge in [0.05, 0.1) is 0 Å². The predicted octanol–water partition coefficient (Wildman–Crippen LogP) is 4.22. The number of anilines is 1. The van der Waals surface area contributed by atoms with Gasteiger partial charge in [-0.05, 0) is 43.4 Å². The summed E-state index contributed by atoms with van der Waals surface area (Å²) in [5, 5.41) is 0. The van der Waals surface area contributed by atoms with Gasteiger partial charge in [-0.3, -0.25) is 4.90 Å². The molecule has 1 aromatic heterocycles. The van der Waals surface area contributed by atoms with Gasteiger partial charge in [-0.15, -0.1) is 0 Å². The lowest BCUT2D eigenvalue weighted by molar-refractivity contribution is 0.203. The van der Waals surface area contributed by atoms with Crippen molar-refractivity contribution < 1.29 is 0 Å². The van der Waals surface area contributed by atoms with Crippen LogP contribution in [-0.2, 0) is 6.54 Å². The van der Waals surface area contributed by atoms with Gasteiger partial charge >= 0.3 is 0 Å². The van der Waals surface area contributed by atoms with Crippen LogP contribution in [0.5, 0.6) is 0 Å². The smallest absolute Gasteiger partial charge is 0.133 e. The fraction of sp³-hybridized carbons (Fsp3) is 0.500. The average molecular weight is 401 g/mol. The lowest BCUT2D eigenvalue weighted by atomic mass is 10.0. The first-order chi connectivity index (χ1) is 12.2. The van der Waals surface area contributed by atoms with E-state index in [1.807, 2.05) is 6.20 Å². The highest BCUT2D eigenvalue weighted by molar-refractivity contribution is 9.10. The Kier molecular flexibility index (Phi) is 5.04. The quantitative estimate of drug-likeness (QED) is 0.751. The number of rotatable bonds is 5. The Hall–Kier alpha value is -1.46. The Morgan fingerprint density at radius 3 is 2.60 bits per heavy atom. The number of benzene rings is 1. The molecule has 2 heterocycles. The number of aromatic nitrogens is 2. The highest BCUT2D eigenvalue weighted by Crippen LogP contribution is 2.38. The molecule has 1 aliphatic carbocycles. The molecular weight excluding hydrogens is 376 g/mol. The second kappa shape index (κ2) is 7.42. The molecule has 0 unspecified atom stereocenters. The Balaban J connectivity index is 1.35. The zero-order valence-electron chi connectivity index (χ0n) is 14.7. The first-order valence-corrected chi connectivity index (χ1v) is 10.0. The van der Waals surface area contributed by atoms with E-state index < -0.39 is 0 Å². The number of likely N-dealkylation sites (tertiary alicyclic amines) is 1. The first-order valence-electron chi connectivity index (χ1n) is 9.22. The second-order valence-corrected chi connectivity index (χ2v) is 8.11. The van der Waals surface area contributed by atoms with E-state index in [9.17, 15) is 0 Å². The van der Waals surface area contributed by atoms with Crippen LogP contribution in [0.15, 0.2) is 41.0 Å². The van der Waals surface area contributed by atoms with E-state index in [4.69, 9.17) is 4.98 Å². The highest BCUT2D eigenvalue weighted by atomic mass is 79.9. The van der Waals surface area contributed by atoms with Crippen molar-refractivity contribution in [1.29, 1.82) is 0 Å². The molecule has 1 aliphatic heterocycles. The topological polar surface area (TPSA) is 32.3 Å². The van der Waals surface area contributed by atoms with Gasteiger partial charge in [-0.25, -0.2) is 9.97 Å². The molecule has 2 aromatic rings. The minimum Gasteiger partial charge on any atom is -0.356 e. The number of piperidine rings is 1. The van der Waals surface area contributed by atoms with Gasteiger partial charge in [0.25, 0.3) is 0 Å². The van der Waals surface area contributed by atoms with E-state index in [2.05, 4.69) is 68.1 Å². The monoisotopic (exact) mass is 400 g/mol. The molecule has 0 N–H and O–H groups in total. The minimum absolute atomic E-state index is 0.567. The van der Waals surface area contributed by atoms with Crippen LogP contribution in [-0.4, -0.2) is 41.0 Å². The standard InChI is InChI=1S/C20H25BrN4/c1-24(19-8-11-22-20(23-19)15-6-7-15)17-9-12-25(13-10-17)14-16-4-2-3-5-18(16)21/h2-5,8,11,15,17H,6-7,9-10,12-14H2,1H3. The largest absolute Gasteiger partial charge is 0.356 e. The number of hydrogen-bond acceptors (Lipinski definition) is 4. The summed E-state index contributed by atoms with van der Waals surface area (Å²) >= 11 is 3.66. The van der Waals surface area contributed by atoms with Crippen LogP contribution in [0.2, 0.25) is 0 Å².